The van der Waals surface area contributed by atoms with Gasteiger partial charge in [-0.15, -0.1) is 11.3 Å². The summed E-state index contributed by atoms with van der Waals surface area (Å²) in [4.78, 5) is 5.69. The number of aromatic nitrogens is 1. The van der Waals surface area contributed by atoms with E-state index in [2.05, 4.69) is 24.1 Å². The molecule has 0 aromatic carbocycles. The summed E-state index contributed by atoms with van der Waals surface area (Å²) >= 11 is 1.81. The van der Waals surface area contributed by atoms with Crippen LogP contribution in [0.2, 0.25) is 0 Å². The fraction of sp³-hybridized carbons (Fsp3) is 0.750. The highest BCUT2D eigenvalue weighted by Crippen LogP contribution is 2.28. The first-order valence-electron chi connectivity index (χ1n) is 5.94. The molecule has 2 nitrogen and oxygen atoms in total. The van der Waals surface area contributed by atoms with Crippen LogP contribution in [0.4, 0.5) is 0 Å². The molecule has 0 radical (unpaired) electrons. The van der Waals surface area contributed by atoms with Gasteiger partial charge in [-0.05, 0) is 25.7 Å². The van der Waals surface area contributed by atoms with Crippen LogP contribution in [-0.4, -0.2) is 11.0 Å². The van der Waals surface area contributed by atoms with Crippen molar-refractivity contribution in [1.29, 1.82) is 0 Å². The Hall–Kier alpha value is -0.410. The average molecular weight is 224 g/mol. The van der Waals surface area contributed by atoms with E-state index in [4.69, 9.17) is 0 Å². The third kappa shape index (κ3) is 2.79. The van der Waals surface area contributed by atoms with Gasteiger partial charge in [-0.2, -0.15) is 0 Å². The van der Waals surface area contributed by atoms with E-state index in [1.54, 1.807) is 11.3 Å². The lowest BCUT2D eigenvalue weighted by Gasteiger charge is -2.18. The number of rotatable bonds is 4. The summed E-state index contributed by atoms with van der Waals surface area (Å²) in [5.41, 5.74) is 0. The second-order valence-electron chi connectivity index (χ2n) is 4.45. The maximum Gasteiger partial charge on any atom is 0.107 e. The Labute approximate surface area is 96.1 Å². The van der Waals surface area contributed by atoms with E-state index < -0.39 is 0 Å². The Morgan fingerprint density at radius 3 is 3.07 bits per heavy atom. The lowest BCUT2D eigenvalue weighted by molar-refractivity contribution is 0.389. The molecule has 1 aliphatic carbocycles. The van der Waals surface area contributed by atoms with E-state index in [9.17, 15) is 0 Å². The SMILES string of the molecule is CCC1CCCC1NCc1ncc(C)s1. The Balaban J connectivity index is 1.82. The zero-order valence-electron chi connectivity index (χ0n) is 9.62. The van der Waals surface area contributed by atoms with Crippen LogP contribution in [0.25, 0.3) is 0 Å². The highest BCUT2D eigenvalue weighted by molar-refractivity contribution is 7.11. The van der Waals surface area contributed by atoms with E-state index >= 15 is 0 Å². The predicted octanol–water partition coefficient (Wildman–Crippen LogP) is 3.12. The first kappa shape index (κ1) is 11.1. The highest BCUT2D eigenvalue weighted by Gasteiger charge is 2.25. The number of nitrogens with zero attached hydrogens (tertiary/aromatic N) is 1. The zero-order chi connectivity index (χ0) is 10.7. The fourth-order valence-electron chi connectivity index (χ4n) is 2.50. The van der Waals surface area contributed by atoms with Crippen molar-refractivity contribution >= 4 is 11.3 Å². The average Bonchev–Trinajstić information content (AvgIpc) is 2.83. The van der Waals surface area contributed by atoms with Gasteiger partial charge in [0.1, 0.15) is 5.01 Å². The van der Waals surface area contributed by atoms with Gasteiger partial charge >= 0.3 is 0 Å². The fourth-order valence-corrected chi connectivity index (χ4v) is 3.23. The topological polar surface area (TPSA) is 24.9 Å². The molecule has 1 aliphatic rings. The molecule has 1 aromatic rings. The standard InChI is InChI=1S/C12H20N2S/c1-3-10-5-4-6-11(10)13-8-12-14-7-9(2)15-12/h7,10-11,13H,3-6,8H2,1-2H3. The maximum absolute atomic E-state index is 4.38. The van der Waals surface area contributed by atoms with Crippen molar-refractivity contribution in [2.45, 2.75) is 52.1 Å². The number of hydrogen-bond acceptors (Lipinski definition) is 3. The van der Waals surface area contributed by atoms with Crippen LogP contribution >= 0.6 is 11.3 Å². The molecule has 0 bridgehead atoms. The lowest BCUT2D eigenvalue weighted by Crippen LogP contribution is -2.31. The molecule has 2 unspecified atom stereocenters. The number of aryl methyl sites for hydroxylation is 1. The van der Waals surface area contributed by atoms with Gasteiger partial charge < -0.3 is 5.32 Å². The molecule has 0 aliphatic heterocycles. The second kappa shape index (κ2) is 5.08. The van der Waals surface area contributed by atoms with Gasteiger partial charge in [0, 0.05) is 23.7 Å². The minimum absolute atomic E-state index is 0.735. The van der Waals surface area contributed by atoms with Crippen LogP contribution in [-0.2, 0) is 6.54 Å². The van der Waals surface area contributed by atoms with Crippen molar-refractivity contribution in [3.63, 3.8) is 0 Å². The van der Waals surface area contributed by atoms with Crippen molar-refractivity contribution in [2.75, 3.05) is 0 Å². The van der Waals surface area contributed by atoms with Crippen molar-refractivity contribution in [1.82, 2.24) is 10.3 Å². The summed E-state index contributed by atoms with van der Waals surface area (Å²) in [7, 11) is 0. The third-order valence-corrected chi connectivity index (χ3v) is 4.28. The molecule has 0 spiro atoms. The Kier molecular flexibility index (Phi) is 3.76. The van der Waals surface area contributed by atoms with Crippen molar-refractivity contribution in [3.05, 3.63) is 16.1 Å². The van der Waals surface area contributed by atoms with Crippen molar-refractivity contribution < 1.29 is 0 Å². The summed E-state index contributed by atoms with van der Waals surface area (Å²) in [6.07, 6.45) is 7.43. The first-order chi connectivity index (χ1) is 7.29. The zero-order valence-corrected chi connectivity index (χ0v) is 10.4. The van der Waals surface area contributed by atoms with E-state index in [0.29, 0.717) is 0 Å². The van der Waals surface area contributed by atoms with Crippen LogP contribution in [0.1, 0.15) is 42.5 Å². The Bertz CT molecular complexity index is 308. The highest BCUT2D eigenvalue weighted by atomic mass is 32.1. The predicted molar refractivity (Wildman–Crippen MR) is 65.1 cm³/mol. The summed E-state index contributed by atoms with van der Waals surface area (Å²) in [5.74, 6) is 0.894. The minimum atomic E-state index is 0.735. The van der Waals surface area contributed by atoms with E-state index in [-0.39, 0.29) is 0 Å². The van der Waals surface area contributed by atoms with Crippen molar-refractivity contribution in [2.24, 2.45) is 5.92 Å². The van der Waals surface area contributed by atoms with E-state index in [1.807, 2.05) is 6.20 Å². The number of nitrogens with one attached hydrogen (secondary N) is 1. The van der Waals surface area contributed by atoms with Gasteiger partial charge in [0.15, 0.2) is 0 Å². The molecule has 2 rings (SSSR count). The largest absolute Gasteiger partial charge is 0.307 e. The molecule has 1 heterocycles. The minimum Gasteiger partial charge on any atom is -0.307 e. The Morgan fingerprint density at radius 1 is 1.53 bits per heavy atom. The van der Waals surface area contributed by atoms with Gasteiger partial charge in [0.05, 0.1) is 0 Å². The number of thiazole rings is 1. The van der Waals surface area contributed by atoms with Gasteiger partial charge in [0.25, 0.3) is 0 Å². The molecule has 1 N–H and O–H groups in total. The van der Waals surface area contributed by atoms with Crippen LogP contribution in [0, 0.1) is 12.8 Å². The van der Waals surface area contributed by atoms with Gasteiger partial charge in [-0.25, -0.2) is 4.98 Å². The number of hydrogen-bond donors (Lipinski definition) is 1. The normalized spacial score (nSPS) is 26.0. The molecule has 1 aromatic heterocycles. The molecule has 1 fully saturated rings. The second-order valence-corrected chi connectivity index (χ2v) is 5.77. The molecule has 0 amide bonds. The van der Waals surface area contributed by atoms with Crippen molar-refractivity contribution in [3.8, 4) is 0 Å². The maximum atomic E-state index is 4.38. The summed E-state index contributed by atoms with van der Waals surface area (Å²) in [5, 5.41) is 4.89. The summed E-state index contributed by atoms with van der Waals surface area (Å²) in [6, 6.07) is 0.735. The molecule has 3 heteroatoms. The van der Waals surface area contributed by atoms with Gasteiger partial charge in [0.2, 0.25) is 0 Å². The Morgan fingerprint density at radius 2 is 2.40 bits per heavy atom. The van der Waals surface area contributed by atoms with Crippen LogP contribution < -0.4 is 5.32 Å². The smallest absolute Gasteiger partial charge is 0.107 e. The quantitative estimate of drug-likeness (QED) is 0.850. The molecular formula is C12H20N2S. The monoisotopic (exact) mass is 224 g/mol. The van der Waals surface area contributed by atoms with E-state index in [1.165, 1.54) is 35.6 Å². The molecule has 84 valence electrons. The first-order valence-corrected chi connectivity index (χ1v) is 6.76. The van der Waals surface area contributed by atoms with Crippen LogP contribution in [0.5, 0.6) is 0 Å². The molecule has 1 saturated carbocycles. The van der Waals surface area contributed by atoms with Crippen LogP contribution in [0.3, 0.4) is 0 Å². The third-order valence-electron chi connectivity index (χ3n) is 3.37. The molecule has 15 heavy (non-hydrogen) atoms. The lowest BCUT2D eigenvalue weighted by atomic mass is 10.0. The molecular weight excluding hydrogens is 204 g/mol. The molecule has 0 saturated heterocycles. The van der Waals surface area contributed by atoms with Gasteiger partial charge in [-0.1, -0.05) is 19.8 Å². The van der Waals surface area contributed by atoms with Gasteiger partial charge in [-0.3, -0.25) is 0 Å². The summed E-state index contributed by atoms with van der Waals surface area (Å²) in [6.45, 7) is 5.38. The molecule has 2 atom stereocenters. The van der Waals surface area contributed by atoms with E-state index in [0.717, 1.165) is 18.5 Å². The summed E-state index contributed by atoms with van der Waals surface area (Å²) < 4.78 is 0. The van der Waals surface area contributed by atoms with Crippen LogP contribution in [0.15, 0.2) is 6.20 Å².